The monoisotopic (exact) mass is 441 g/mol. The topological polar surface area (TPSA) is 66.5 Å². The number of nitrogens with two attached hydrogens (primary N) is 1. The first-order valence-electron chi connectivity index (χ1n) is 3.60. The predicted molar refractivity (Wildman–Crippen MR) is 74.8 cm³/mol. The van der Waals surface area contributed by atoms with Gasteiger partial charge in [-0.1, -0.05) is 0 Å². The van der Waals surface area contributed by atoms with Crippen LogP contribution in [0.15, 0.2) is 12.1 Å². The van der Waals surface area contributed by atoms with Gasteiger partial charge in [0.25, 0.3) is 0 Å². The molecule has 0 bridgehead atoms. The molecule has 0 heterocycles. The third kappa shape index (κ3) is 3.37. The highest BCUT2D eigenvalue weighted by molar-refractivity contribution is 14.1. The van der Waals surface area contributed by atoms with Gasteiger partial charge in [0, 0.05) is 0 Å². The zero-order valence-electron chi connectivity index (χ0n) is 7.08. The zero-order valence-corrected chi connectivity index (χ0v) is 12.2. The van der Waals surface area contributed by atoms with Crippen molar-refractivity contribution in [3.63, 3.8) is 0 Å². The van der Waals surface area contributed by atoms with Crippen molar-refractivity contribution in [3.05, 3.63) is 24.8 Å². The Morgan fingerprint density at radius 3 is 2.07 bits per heavy atom. The van der Waals surface area contributed by atoms with E-state index in [4.69, 9.17) is 10.8 Å². The van der Waals surface area contributed by atoms with E-state index >= 15 is 0 Å². The molecule has 0 saturated carbocycles. The molecular formula is C8H10ClI2NO2. The Kier molecular flexibility index (Phi) is 6.62. The Morgan fingerprint density at radius 2 is 1.71 bits per heavy atom. The highest BCUT2D eigenvalue weighted by Crippen LogP contribution is 2.28. The maximum absolute atomic E-state index is 9.47. The van der Waals surface area contributed by atoms with E-state index in [1.54, 1.807) is 12.1 Å². The van der Waals surface area contributed by atoms with Gasteiger partial charge in [-0.15, -0.1) is 12.4 Å². The van der Waals surface area contributed by atoms with Crippen molar-refractivity contribution in [2.24, 2.45) is 5.73 Å². The van der Waals surface area contributed by atoms with Crippen LogP contribution in [0, 0.1) is 7.14 Å². The highest BCUT2D eigenvalue weighted by atomic mass is 127. The van der Waals surface area contributed by atoms with Crippen molar-refractivity contribution < 1.29 is 10.2 Å². The summed E-state index contributed by atoms with van der Waals surface area (Å²) in [6.07, 6.45) is 0. The fraction of sp³-hybridized carbons (Fsp3) is 0.250. The minimum Gasteiger partial charge on any atom is -0.506 e. The van der Waals surface area contributed by atoms with E-state index in [1.165, 1.54) is 0 Å². The van der Waals surface area contributed by atoms with Crippen LogP contribution >= 0.6 is 57.6 Å². The zero-order chi connectivity index (χ0) is 10.0. The molecular weight excluding hydrogens is 431 g/mol. The number of aliphatic hydroxyl groups excluding tert-OH is 1. The van der Waals surface area contributed by atoms with Gasteiger partial charge in [0.2, 0.25) is 0 Å². The lowest BCUT2D eigenvalue weighted by Crippen LogP contribution is -2.14. The molecule has 0 aliphatic heterocycles. The summed E-state index contributed by atoms with van der Waals surface area (Å²) in [5, 5.41) is 18.3. The molecule has 1 atom stereocenters. The van der Waals surface area contributed by atoms with Crippen LogP contribution in [0.5, 0.6) is 5.75 Å². The SMILES string of the molecule is Cl.N[C@H](CO)c1cc(I)c(O)c(I)c1. The molecule has 14 heavy (non-hydrogen) atoms. The number of aliphatic hydroxyl groups is 1. The molecule has 1 aromatic carbocycles. The molecule has 0 amide bonds. The van der Waals surface area contributed by atoms with E-state index in [9.17, 15) is 5.11 Å². The molecule has 6 heteroatoms. The number of aromatic hydroxyl groups is 1. The number of benzene rings is 1. The molecule has 0 unspecified atom stereocenters. The molecule has 0 spiro atoms. The average Bonchev–Trinajstić information content (AvgIpc) is 2.12. The lowest BCUT2D eigenvalue weighted by Gasteiger charge is -2.10. The summed E-state index contributed by atoms with van der Waals surface area (Å²) in [4.78, 5) is 0. The van der Waals surface area contributed by atoms with Crippen LogP contribution in [0.1, 0.15) is 11.6 Å². The fourth-order valence-electron chi connectivity index (χ4n) is 0.905. The fourth-order valence-corrected chi connectivity index (χ4v) is 2.72. The molecule has 1 aromatic rings. The first-order valence-corrected chi connectivity index (χ1v) is 5.76. The first kappa shape index (κ1) is 14.7. The normalized spacial score (nSPS) is 12.0. The van der Waals surface area contributed by atoms with Crippen molar-refractivity contribution >= 4 is 57.6 Å². The summed E-state index contributed by atoms with van der Waals surface area (Å²) in [5.41, 5.74) is 6.49. The number of phenols is 1. The average molecular weight is 441 g/mol. The summed E-state index contributed by atoms with van der Waals surface area (Å²) in [6, 6.07) is 3.18. The smallest absolute Gasteiger partial charge is 0.142 e. The van der Waals surface area contributed by atoms with Gasteiger partial charge in [0.15, 0.2) is 0 Å². The van der Waals surface area contributed by atoms with Crippen molar-refractivity contribution in [2.45, 2.75) is 6.04 Å². The molecule has 0 aliphatic carbocycles. The Morgan fingerprint density at radius 1 is 1.29 bits per heavy atom. The van der Waals surface area contributed by atoms with E-state index in [0.29, 0.717) is 0 Å². The van der Waals surface area contributed by atoms with Crippen LogP contribution in [0.25, 0.3) is 0 Å². The van der Waals surface area contributed by atoms with Crippen molar-refractivity contribution in [3.8, 4) is 5.75 Å². The van der Waals surface area contributed by atoms with Crippen LogP contribution in [0.2, 0.25) is 0 Å². The Hall–Kier alpha value is 0.690. The summed E-state index contributed by atoms with van der Waals surface area (Å²) in [6.45, 7) is -0.0864. The molecule has 80 valence electrons. The Labute approximate surface area is 116 Å². The van der Waals surface area contributed by atoms with E-state index in [0.717, 1.165) is 12.7 Å². The quantitative estimate of drug-likeness (QED) is 0.616. The molecule has 0 aromatic heterocycles. The number of phenolic OH excluding ortho intramolecular Hbond substituents is 1. The third-order valence-corrected chi connectivity index (χ3v) is 3.31. The van der Waals surface area contributed by atoms with Crippen LogP contribution < -0.4 is 5.73 Å². The molecule has 0 fully saturated rings. The number of halogens is 3. The van der Waals surface area contributed by atoms with E-state index in [1.807, 2.05) is 45.2 Å². The van der Waals surface area contributed by atoms with Crippen LogP contribution in [-0.2, 0) is 0 Å². The first-order chi connectivity index (χ1) is 6.06. The summed E-state index contributed by atoms with van der Waals surface area (Å²) in [7, 11) is 0. The molecule has 1 rings (SSSR count). The van der Waals surface area contributed by atoms with Crippen LogP contribution in [-0.4, -0.2) is 16.8 Å². The molecule has 4 N–H and O–H groups in total. The molecule has 0 radical (unpaired) electrons. The molecule has 0 saturated heterocycles. The minimum absolute atomic E-state index is 0. The van der Waals surface area contributed by atoms with Gasteiger partial charge in [0.1, 0.15) is 5.75 Å². The predicted octanol–water partition coefficient (Wildman–Crippen LogP) is 2.02. The lowest BCUT2D eigenvalue weighted by molar-refractivity contribution is 0.268. The van der Waals surface area contributed by atoms with Gasteiger partial charge >= 0.3 is 0 Å². The van der Waals surface area contributed by atoms with E-state index < -0.39 is 0 Å². The van der Waals surface area contributed by atoms with Gasteiger partial charge in [-0.3, -0.25) is 0 Å². The van der Waals surface area contributed by atoms with Gasteiger partial charge in [-0.2, -0.15) is 0 Å². The second-order valence-electron chi connectivity index (χ2n) is 2.62. The summed E-state index contributed by atoms with van der Waals surface area (Å²) in [5.74, 6) is 0.273. The highest BCUT2D eigenvalue weighted by Gasteiger charge is 2.10. The molecule has 0 aliphatic rings. The van der Waals surface area contributed by atoms with Gasteiger partial charge in [0.05, 0.1) is 19.8 Å². The number of rotatable bonds is 2. The summed E-state index contributed by atoms with van der Waals surface area (Å²) >= 11 is 4.07. The van der Waals surface area contributed by atoms with Crippen molar-refractivity contribution in [1.82, 2.24) is 0 Å². The second-order valence-corrected chi connectivity index (χ2v) is 4.95. The molecule has 3 nitrogen and oxygen atoms in total. The van der Waals surface area contributed by atoms with Crippen molar-refractivity contribution in [1.29, 1.82) is 0 Å². The minimum atomic E-state index is -0.373. The second kappa shape index (κ2) is 6.31. The van der Waals surface area contributed by atoms with Crippen LogP contribution in [0.4, 0.5) is 0 Å². The number of hydrogen-bond donors (Lipinski definition) is 3. The van der Waals surface area contributed by atoms with E-state index in [-0.39, 0.29) is 30.8 Å². The maximum Gasteiger partial charge on any atom is 0.142 e. The largest absolute Gasteiger partial charge is 0.506 e. The van der Waals surface area contributed by atoms with Gasteiger partial charge in [-0.05, 0) is 62.9 Å². The Bertz CT molecular complexity index is 299. The Balaban J connectivity index is 0.00000169. The standard InChI is InChI=1S/C8H9I2NO2.ClH/c9-5-1-4(7(11)3-12)2-6(10)8(5)13;/h1-2,7,12-13H,3,11H2;1H/t7-;/m1./s1. The van der Waals surface area contributed by atoms with E-state index in [2.05, 4.69) is 0 Å². The summed E-state index contributed by atoms with van der Waals surface area (Å²) < 4.78 is 1.51. The van der Waals surface area contributed by atoms with Crippen molar-refractivity contribution in [2.75, 3.05) is 6.61 Å². The van der Waals surface area contributed by atoms with Crippen LogP contribution in [0.3, 0.4) is 0 Å². The lowest BCUT2D eigenvalue weighted by atomic mass is 10.1. The number of hydrogen-bond acceptors (Lipinski definition) is 3. The van der Waals surface area contributed by atoms with Gasteiger partial charge in [-0.25, -0.2) is 0 Å². The maximum atomic E-state index is 9.47. The third-order valence-electron chi connectivity index (χ3n) is 1.66. The van der Waals surface area contributed by atoms with Gasteiger partial charge < -0.3 is 15.9 Å².